The number of para-hydroxylation sites is 4. The zero-order valence-electron chi connectivity index (χ0n) is 75.8. The molecule has 5 heteroatoms. The fraction of sp³-hybridized carbons (Fsp3) is 0.0455. The lowest BCUT2D eigenvalue weighted by Crippen LogP contribution is -2.28. The van der Waals surface area contributed by atoms with Crippen molar-refractivity contribution >= 4 is 87.6 Å². The zero-order valence-corrected chi connectivity index (χ0v) is 76.6. The number of anilines is 6. The van der Waals surface area contributed by atoms with Crippen molar-refractivity contribution in [2.75, 3.05) is 16.0 Å². The van der Waals surface area contributed by atoms with Crippen molar-refractivity contribution in [3.8, 4) is 77.9 Å². The largest absolute Gasteiger partial charge is 0.456 e. The highest BCUT2D eigenvalue weighted by atomic mass is 32.1. The smallest absolute Gasteiger partial charge is 0.135 e. The third-order valence-corrected chi connectivity index (χ3v) is 30.4. The molecule has 0 fully saturated rings. The summed E-state index contributed by atoms with van der Waals surface area (Å²) in [5.41, 5.74) is 42.8. The summed E-state index contributed by atoms with van der Waals surface area (Å²) in [5.74, 6) is 0. The Balaban J connectivity index is 0.000000109. The molecule has 648 valence electrons. The maximum absolute atomic E-state index is 6.12. The predicted octanol–water partition coefficient (Wildman–Crippen LogP) is 35.0. The van der Waals surface area contributed by atoms with Gasteiger partial charge in [0.1, 0.15) is 11.2 Å². The molecule has 0 bridgehead atoms. The van der Waals surface area contributed by atoms with Gasteiger partial charge in [0.15, 0.2) is 0 Å². The van der Waals surface area contributed by atoms with E-state index in [1.165, 1.54) is 165 Å². The molecule has 0 amide bonds. The molecule has 2 aromatic heterocycles. The highest BCUT2D eigenvalue weighted by molar-refractivity contribution is 7.26. The van der Waals surface area contributed by atoms with Gasteiger partial charge in [-0.3, -0.25) is 0 Å². The second-order valence-corrected chi connectivity index (χ2v) is 38.0. The first kappa shape index (κ1) is 82.0. The first-order valence-corrected chi connectivity index (χ1v) is 48.2. The van der Waals surface area contributed by atoms with Crippen LogP contribution in [0.1, 0.15) is 91.7 Å². The van der Waals surface area contributed by atoms with Crippen LogP contribution in [0.5, 0.6) is 0 Å². The van der Waals surface area contributed by atoms with Gasteiger partial charge < -0.3 is 20.4 Å². The summed E-state index contributed by atoms with van der Waals surface area (Å²) in [4.78, 5) is 0. The van der Waals surface area contributed by atoms with E-state index in [0.717, 1.165) is 67.2 Å². The Kier molecular flexibility index (Phi) is 20.1. The third kappa shape index (κ3) is 13.4. The van der Waals surface area contributed by atoms with Crippen LogP contribution in [0.3, 0.4) is 0 Å². The Hall–Kier alpha value is -17.0. The Morgan fingerprint density at radius 1 is 0.190 bits per heavy atom. The van der Waals surface area contributed by atoms with Crippen LogP contribution in [-0.4, -0.2) is 0 Å². The molecule has 0 saturated heterocycles. The van der Waals surface area contributed by atoms with Gasteiger partial charge in [-0.1, -0.05) is 432 Å². The second kappa shape index (κ2) is 33.6. The molecule has 21 aromatic carbocycles. The van der Waals surface area contributed by atoms with E-state index < -0.39 is 16.2 Å². The lowest BCUT2D eigenvalue weighted by Gasteiger charge is -2.34. The highest BCUT2D eigenvalue weighted by Gasteiger charge is 2.50. The van der Waals surface area contributed by atoms with Crippen molar-refractivity contribution < 1.29 is 4.42 Å². The molecular formula is C132H93N3OS. The number of hydrogen-bond donors (Lipinski definition) is 3. The lowest BCUT2D eigenvalue weighted by molar-refractivity contribution is 0.660. The molecule has 0 spiro atoms. The summed E-state index contributed by atoms with van der Waals surface area (Å²) >= 11 is 1.86. The van der Waals surface area contributed by atoms with Crippen molar-refractivity contribution in [3.05, 3.63) is 587 Å². The van der Waals surface area contributed by atoms with E-state index in [-0.39, 0.29) is 5.41 Å². The Bertz CT molecular complexity index is 8470. The van der Waals surface area contributed by atoms with Gasteiger partial charge in [-0.2, -0.15) is 0 Å². The fourth-order valence-corrected chi connectivity index (χ4v) is 24.4. The van der Waals surface area contributed by atoms with Gasteiger partial charge in [0.25, 0.3) is 0 Å². The van der Waals surface area contributed by atoms with E-state index in [0.29, 0.717) is 0 Å². The lowest BCUT2D eigenvalue weighted by atomic mass is 9.67. The molecular weight excluding hydrogens is 1680 g/mol. The van der Waals surface area contributed by atoms with Gasteiger partial charge in [0.05, 0.1) is 16.2 Å². The molecule has 27 rings (SSSR count). The summed E-state index contributed by atoms with van der Waals surface area (Å²) in [6, 6.07) is 185. The molecule has 0 aliphatic heterocycles. The highest BCUT2D eigenvalue weighted by Crippen LogP contribution is 2.62. The van der Waals surface area contributed by atoms with E-state index in [2.05, 4.69) is 527 Å². The Labute approximate surface area is 802 Å². The van der Waals surface area contributed by atoms with Crippen molar-refractivity contribution in [1.29, 1.82) is 0 Å². The SMILES string of the molecule is CC1(C)c2ccccc2-c2ccc(-c3ccccc3Nc3ccc4c(c3)C(c3ccccc3)(c3ccccc3)c3ccccc3-4)cc21.c1ccc(C2(c3ccccc3)c3ccccc3-c3ccc(Nc4ccccc4-c4ccc5oc6ccccc6c5c4)cc32)cc1.c1ccc(C2(c3ccccc3)c3ccccc3-c3ccc(Nc4ccccc4-c4cccc5sc6ccccc6c45)cc32)cc1. The number of furan rings is 1. The van der Waals surface area contributed by atoms with E-state index in [1.54, 1.807) is 0 Å². The summed E-state index contributed by atoms with van der Waals surface area (Å²) in [6.45, 7) is 4.69. The monoisotopic (exact) mass is 1770 g/mol. The molecule has 0 saturated carbocycles. The van der Waals surface area contributed by atoms with E-state index in [1.807, 2.05) is 23.5 Å². The summed E-state index contributed by atoms with van der Waals surface area (Å²) in [5, 5.41) is 16.5. The Morgan fingerprint density at radius 2 is 0.489 bits per heavy atom. The van der Waals surface area contributed by atoms with Gasteiger partial charge >= 0.3 is 0 Å². The standard InChI is InChI=1S/C46H35N.C43H29NO.C43H29NS/c1-45(2)40-22-12-9-20-36(40)38-27-25-31(29-42(38)45)35-19-11-14-24-44(35)47-34-26-28-39-37-21-10-13-23-41(37)46(43(39)30-34,32-15-5-3-6-16-32)33-17-7-4-8-18-33;1-3-13-30(14-4-1)43(31-15-5-2-6-16-31)38-20-10-7-18-34(38)35-25-24-32(28-39(35)43)44-40-21-11-8-17-33(40)29-23-26-42-37(27-29)36-19-9-12-22-41(36)45-42;1-3-14-29(15-4-1)43(30-16-5-2-6-17-30)37-22-10-7-18-32(37)33-27-26-31(28-38(33)43)44-39-23-11-8-19-34(39)35-21-13-25-41-42(35)36-20-9-12-24-40(36)45-41/h3-30,47H,1-2H3;2*1-28,44H. The number of rotatable bonds is 15. The quantitative estimate of drug-likeness (QED) is 0.0957. The minimum absolute atomic E-state index is 0.0441. The second-order valence-electron chi connectivity index (χ2n) is 36.9. The van der Waals surface area contributed by atoms with Gasteiger partial charge in [0, 0.05) is 87.2 Å². The van der Waals surface area contributed by atoms with E-state index in [4.69, 9.17) is 4.42 Å². The summed E-state index contributed by atoms with van der Waals surface area (Å²) in [7, 11) is 0. The minimum Gasteiger partial charge on any atom is -0.456 e. The molecule has 3 N–H and O–H groups in total. The number of benzene rings is 21. The molecule has 23 aromatic rings. The Morgan fingerprint density at radius 3 is 0.934 bits per heavy atom. The van der Waals surface area contributed by atoms with Crippen molar-refractivity contribution in [2.24, 2.45) is 0 Å². The van der Waals surface area contributed by atoms with Gasteiger partial charge in [-0.15, -0.1) is 11.3 Å². The fourth-order valence-electron chi connectivity index (χ4n) is 23.3. The van der Waals surface area contributed by atoms with Crippen LogP contribution in [-0.2, 0) is 21.7 Å². The maximum atomic E-state index is 6.12. The topological polar surface area (TPSA) is 49.2 Å². The average molecular weight is 1770 g/mol. The summed E-state index contributed by atoms with van der Waals surface area (Å²) < 4.78 is 8.75. The van der Waals surface area contributed by atoms with Gasteiger partial charge in [-0.25, -0.2) is 0 Å². The zero-order chi connectivity index (χ0) is 91.2. The first-order valence-electron chi connectivity index (χ1n) is 47.4. The van der Waals surface area contributed by atoms with Gasteiger partial charge in [-0.05, 0) is 230 Å². The average Bonchev–Trinajstić information content (AvgIpc) is 1.55. The molecule has 4 aliphatic carbocycles. The number of nitrogens with one attached hydrogen (secondary N) is 3. The maximum Gasteiger partial charge on any atom is 0.135 e. The van der Waals surface area contributed by atoms with Crippen molar-refractivity contribution in [3.63, 3.8) is 0 Å². The van der Waals surface area contributed by atoms with Crippen LogP contribution in [0.15, 0.2) is 514 Å². The van der Waals surface area contributed by atoms with Crippen LogP contribution in [0.2, 0.25) is 0 Å². The van der Waals surface area contributed by atoms with Crippen LogP contribution < -0.4 is 16.0 Å². The van der Waals surface area contributed by atoms with E-state index in [9.17, 15) is 0 Å². The predicted molar refractivity (Wildman–Crippen MR) is 574 cm³/mol. The molecule has 0 unspecified atom stereocenters. The van der Waals surface area contributed by atoms with Crippen LogP contribution in [0.4, 0.5) is 34.1 Å². The van der Waals surface area contributed by atoms with Crippen molar-refractivity contribution in [1.82, 2.24) is 0 Å². The van der Waals surface area contributed by atoms with Crippen molar-refractivity contribution in [2.45, 2.75) is 35.5 Å². The van der Waals surface area contributed by atoms with Crippen LogP contribution in [0, 0.1) is 0 Å². The van der Waals surface area contributed by atoms with Crippen LogP contribution >= 0.6 is 11.3 Å². The molecule has 0 radical (unpaired) electrons. The number of thiophene rings is 1. The first-order chi connectivity index (χ1) is 67.7. The normalized spacial score (nSPS) is 13.6. The number of hydrogen-bond acceptors (Lipinski definition) is 5. The van der Waals surface area contributed by atoms with Gasteiger partial charge in [0.2, 0.25) is 0 Å². The van der Waals surface area contributed by atoms with E-state index >= 15 is 0 Å². The molecule has 137 heavy (non-hydrogen) atoms. The molecule has 0 atom stereocenters. The molecule has 2 heterocycles. The van der Waals surface area contributed by atoms with Crippen LogP contribution in [0.25, 0.3) is 120 Å². The molecule has 4 aliphatic rings. The summed E-state index contributed by atoms with van der Waals surface area (Å²) in [6.07, 6.45) is 0. The third-order valence-electron chi connectivity index (χ3n) is 29.3. The minimum atomic E-state index is -0.432. The molecule has 4 nitrogen and oxygen atoms in total. The number of fused-ring (bicyclic) bond motifs is 18.